The topological polar surface area (TPSA) is 96.8 Å². The summed E-state index contributed by atoms with van der Waals surface area (Å²) in [5, 5.41) is 7.20. The van der Waals surface area contributed by atoms with E-state index in [1.165, 1.54) is 6.26 Å². The highest BCUT2D eigenvalue weighted by molar-refractivity contribution is 9.10. The van der Waals surface area contributed by atoms with E-state index in [4.69, 9.17) is 8.83 Å². The minimum Gasteiger partial charge on any atom is -0.469 e. The van der Waals surface area contributed by atoms with Gasteiger partial charge in [-0.1, -0.05) is 12.1 Å². The Labute approximate surface area is 181 Å². The molecule has 154 valence electrons. The van der Waals surface area contributed by atoms with Crippen molar-refractivity contribution in [1.82, 2.24) is 5.43 Å². The number of anilines is 1. The number of rotatable bonds is 4. The summed E-state index contributed by atoms with van der Waals surface area (Å²) in [7, 11) is 0. The standard InChI is InChI=1S/C22H20BrN3O4/c1-12-19-17(25-26-21(27)14-10-11-29-13(14)2)8-5-9-18(19)30-20(12)22(28)24-16-7-4-3-6-15(16)23/h3-4,6-7,10-11H,5,8-9H2,1-2H3,(H,24,28)(H,26,27)/b25-17+. The van der Waals surface area contributed by atoms with Crippen LogP contribution in [-0.4, -0.2) is 17.5 Å². The van der Waals surface area contributed by atoms with Gasteiger partial charge in [-0.2, -0.15) is 5.10 Å². The molecule has 0 radical (unpaired) electrons. The third kappa shape index (κ3) is 3.82. The number of fused-ring (bicyclic) bond motifs is 1. The van der Waals surface area contributed by atoms with E-state index in [1.54, 1.807) is 19.1 Å². The molecule has 0 saturated heterocycles. The highest BCUT2D eigenvalue weighted by Crippen LogP contribution is 2.31. The van der Waals surface area contributed by atoms with Crippen LogP contribution in [-0.2, 0) is 6.42 Å². The van der Waals surface area contributed by atoms with E-state index in [1.807, 2.05) is 25.1 Å². The van der Waals surface area contributed by atoms with Gasteiger partial charge in [0.1, 0.15) is 11.5 Å². The molecule has 2 heterocycles. The Bertz CT molecular complexity index is 1160. The highest BCUT2D eigenvalue weighted by Gasteiger charge is 2.28. The molecule has 4 rings (SSSR count). The zero-order valence-electron chi connectivity index (χ0n) is 16.5. The van der Waals surface area contributed by atoms with Crippen LogP contribution < -0.4 is 10.7 Å². The summed E-state index contributed by atoms with van der Waals surface area (Å²) in [4.78, 5) is 25.2. The molecule has 0 fully saturated rings. The number of hydrazone groups is 1. The largest absolute Gasteiger partial charge is 0.469 e. The lowest BCUT2D eigenvalue weighted by Gasteiger charge is -2.13. The molecule has 1 aliphatic carbocycles. The van der Waals surface area contributed by atoms with E-state index in [0.29, 0.717) is 46.9 Å². The molecule has 0 atom stereocenters. The Morgan fingerprint density at radius 1 is 1.10 bits per heavy atom. The molecule has 8 heteroatoms. The molecule has 0 saturated carbocycles. The normalized spacial score (nSPS) is 14.4. The molecule has 2 amide bonds. The van der Waals surface area contributed by atoms with Gasteiger partial charge in [0.25, 0.3) is 11.8 Å². The van der Waals surface area contributed by atoms with Gasteiger partial charge in [0, 0.05) is 22.0 Å². The number of nitrogens with zero attached hydrogens (tertiary/aromatic N) is 1. The molecular weight excluding hydrogens is 450 g/mol. The monoisotopic (exact) mass is 469 g/mol. The zero-order valence-corrected chi connectivity index (χ0v) is 18.1. The molecule has 0 aliphatic heterocycles. The lowest BCUT2D eigenvalue weighted by atomic mass is 9.93. The van der Waals surface area contributed by atoms with Gasteiger partial charge in [0.05, 0.1) is 23.2 Å². The molecular formula is C22H20BrN3O4. The van der Waals surface area contributed by atoms with Crippen LogP contribution in [0.2, 0.25) is 0 Å². The van der Waals surface area contributed by atoms with Crippen molar-refractivity contribution in [2.24, 2.45) is 5.10 Å². The van der Waals surface area contributed by atoms with Crippen molar-refractivity contribution in [1.29, 1.82) is 0 Å². The SMILES string of the molecule is Cc1occc1C(=O)N/N=C1\CCCc2oc(C(=O)Nc3ccccc3Br)c(C)c21. The van der Waals surface area contributed by atoms with E-state index in [9.17, 15) is 9.59 Å². The number of carbonyl (C=O) groups is 2. The number of nitrogens with one attached hydrogen (secondary N) is 2. The van der Waals surface area contributed by atoms with E-state index in [0.717, 1.165) is 16.5 Å². The predicted molar refractivity (Wildman–Crippen MR) is 116 cm³/mol. The van der Waals surface area contributed by atoms with E-state index in [-0.39, 0.29) is 17.6 Å². The van der Waals surface area contributed by atoms with Gasteiger partial charge >= 0.3 is 0 Å². The minimum atomic E-state index is -0.339. The molecule has 30 heavy (non-hydrogen) atoms. The molecule has 2 N–H and O–H groups in total. The molecule has 2 aromatic heterocycles. The second-order valence-corrected chi connectivity index (χ2v) is 7.89. The van der Waals surface area contributed by atoms with Crippen molar-refractivity contribution in [2.45, 2.75) is 33.1 Å². The summed E-state index contributed by atoms with van der Waals surface area (Å²) in [6.07, 6.45) is 3.69. The van der Waals surface area contributed by atoms with Gasteiger partial charge in [-0.3, -0.25) is 9.59 Å². The van der Waals surface area contributed by atoms with Gasteiger partial charge in [-0.05, 0) is 60.8 Å². The van der Waals surface area contributed by atoms with Crippen LogP contribution in [0, 0.1) is 13.8 Å². The number of aryl methyl sites for hydroxylation is 2. The van der Waals surface area contributed by atoms with Crippen molar-refractivity contribution in [3.8, 4) is 0 Å². The number of carbonyl (C=O) groups excluding carboxylic acids is 2. The highest BCUT2D eigenvalue weighted by atomic mass is 79.9. The van der Waals surface area contributed by atoms with Crippen LogP contribution in [0.1, 0.15) is 56.4 Å². The fourth-order valence-electron chi connectivity index (χ4n) is 3.54. The fourth-order valence-corrected chi connectivity index (χ4v) is 3.92. The van der Waals surface area contributed by atoms with Crippen LogP contribution in [0.5, 0.6) is 0 Å². The molecule has 7 nitrogen and oxygen atoms in total. The molecule has 0 bridgehead atoms. The Balaban J connectivity index is 1.59. The predicted octanol–water partition coefficient (Wildman–Crippen LogP) is 4.97. The fraction of sp³-hybridized carbons (Fsp3) is 0.227. The van der Waals surface area contributed by atoms with E-state index >= 15 is 0 Å². The van der Waals surface area contributed by atoms with Crippen LogP contribution in [0.25, 0.3) is 0 Å². The first-order valence-corrected chi connectivity index (χ1v) is 10.3. The number of hydrogen-bond donors (Lipinski definition) is 2. The summed E-state index contributed by atoms with van der Waals surface area (Å²) in [6, 6.07) is 8.98. The zero-order chi connectivity index (χ0) is 21.3. The molecule has 1 aliphatic rings. The average molecular weight is 470 g/mol. The lowest BCUT2D eigenvalue weighted by molar-refractivity contribution is 0.0952. The summed E-state index contributed by atoms with van der Waals surface area (Å²) in [6.45, 7) is 3.55. The summed E-state index contributed by atoms with van der Waals surface area (Å²) in [5.74, 6) is 0.827. The number of para-hydroxylation sites is 1. The number of amides is 2. The molecule has 1 aromatic carbocycles. The van der Waals surface area contributed by atoms with Gasteiger partial charge in [0.15, 0.2) is 5.76 Å². The molecule has 0 unspecified atom stereocenters. The third-order valence-electron chi connectivity index (χ3n) is 5.05. The van der Waals surface area contributed by atoms with E-state index < -0.39 is 0 Å². The maximum Gasteiger partial charge on any atom is 0.291 e. The first-order valence-electron chi connectivity index (χ1n) is 9.55. The molecule has 0 spiro atoms. The first kappa shape index (κ1) is 20.2. The second kappa shape index (κ2) is 8.31. The average Bonchev–Trinajstić information content (AvgIpc) is 3.31. The number of furan rings is 2. The lowest BCUT2D eigenvalue weighted by Crippen LogP contribution is -2.22. The summed E-state index contributed by atoms with van der Waals surface area (Å²) < 4.78 is 11.9. The molecule has 3 aromatic rings. The number of benzene rings is 1. The third-order valence-corrected chi connectivity index (χ3v) is 5.74. The van der Waals surface area contributed by atoms with Crippen molar-refractivity contribution < 1.29 is 18.4 Å². The Morgan fingerprint density at radius 2 is 1.90 bits per heavy atom. The van der Waals surface area contributed by atoms with Crippen LogP contribution >= 0.6 is 15.9 Å². The van der Waals surface area contributed by atoms with Crippen molar-refractivity contribution in [3.63, 3.8) is 0 Å². The van der Waals surface area contributed by atoms with Gasteiger partial charge in [-0.25, -0.2) is 5.43 Å². The quantitative estimate of drug-likeness (QED) is 0.526. The first-order chi connectivity index (χ1) is 14.5. The Kier molecular flexibility index (Phi) is 5.59. The Morgan fingerprint density at radius 3 is 2.63 bits per heavy atom. The van der Waals surface area contributed by atoms with Crippen LogP contribution in [0.15, 0.2) is 55.0 Å². The number of halogens is 1. The summed E-state index contributed by atoms with van der Waals surface area (Å²) in [5.41, 5.74) is 5.89. The van der Waals surface area contributed by atoms with E-state index in [2.05, 4.69) is 31.8 Å². The maximum absolute atomic E-state index is 12.8. The van der Waals surface area contributed by atoms with Crippen molar-refractivity contribution in [3.05, 3.63) is 75.0 Å². The van der Waals surface area contributed by atoms with Gasteiger partial charge in [0.2, 0.25) is 0 Å². The van der Waals surface area contributed by atoms with Crippen LogP contribution in [0.4, 0.5) is 5.69 Å². The smallest absolute Gasteiger partial charge is 0.291 e. The second-order valence-electron chi connectivity index (χ2n) is 7.03. The van der Waals surface area contributed by atoms with Crippen molar-refractivity contribution in [2.75, 3.05) is 5.32 Å². The number of hydrogen-bond acceptors (Lipinski definition) is 5. The van der Waals surface area contributed by atoms with Crippen molar-refractivity contribution >= 4 is 39.1 Å². The van der Waals surface area contributed by atoms with Crippen LogP contribution in [0.3, 0.4) is 0 Å². The minimum absolute atomic E-state index is 0.252. The van der Waals surface area contributed by atoms with Gasteiger partial charge < -0.3 is 14.2 Å². The summed E-state index contributed by atoms with van der Waals surface area (Å²) >= 11 is 3.43. The van der Waals surface area contributed by atoms with Gasteiger partial charge in [-0.15, -0.1) is 0 Å². The maximum atomic E-state index is 12.8. The Hall–Kier alpha value is -3.13.